The van der Waals surface area contributed by atoms with Crippen LogP contribution in [0.2, 0.25) is 0 Å². The summed E-state index contributed by atoms with van der Waals surface area (Å²) >= 11 is 1.02. The average Bonchev–Trinajstić information content (AvgIpc) is 3.41. The van der Waals surface area contributed by atoms with Gasteiger partial charge in [0.25, 0.3) is 0 Å². The highest BCUT2D eigenvalue weighted by molar-refractivity contribution is 7.14. The first-order valence-corrected chi connectivity index (χ1v) is 10.7. The van der Waals surface area contributed by atoms with Gasteiger partial charge in [-0.3, -0.25) is 4.79 Å². The number of hydrogen-bond acceptors (Lipinski definition) is 8. The second kappa shape index (κ2) is 10.2. The molecule has 162 valence electrons. The van der Waals surface area contributed by atoms with Gasteiger partial charge >= 0.3 is 5.97 Å². The van der Waals surface area contributed by atoms with Crippen molar-refractivity contribution in [2.24, 2.45) is 0 Å². The number of thiophene rings is 1. The maximum atomic E-state index is 12.8. The number of hydrogen-bond donors (Lipinski definition) is 0. The van der Waals surface area contributed by atoms with E-state index in [0.717, 1.165) is 11.3 Å². The lowest BCUT2D eigenvalue weighted by Gasteiger charge is -2.00. The first kappa shape index (κ1) is 23.2. The summed E-state index contributed by atoms with van der Waals surface area (Å²) in [4.78, 5) is 25.6. The van der Waals surface area contributed by atoms with E-state index < -0.39 is 11.8 Å². The predicted molar refractivity (Wildman–Crippen MR) is 121 cm³/mol. The topological polar surface area (TPSA) is 128 Å². The van der Waals surface area contributed by atoms with Crippen LogP contribution >= 0.6 is 11.3 Å². The molecule has 0 aliphatic rings. The largest absolute Gasteiger partial charge is 0.462 e. The molecule has 0 spiro atoms. The summed E-state index contributed by atoms with van der Waals surface area (Å²) in [5, 5.41) is 28.3. The number of ether oxygens (including phenoxy) is 1. The maximum absolute atomic E-state index is 12.8. The van der Waals surface area contributed by atoms with Crippen LogP contribution < -0.4 is 0 Å². The zero-order valence-corrected chi connectivity index (χ0v) is 18.7. The van der Waals surface area contributed by atoms with Gasteiger partial charge in [-0.1, -0.05) is 12.1 Å². The Kier molecular flexibility index (Phi) is 7.20. The zero-order valence-electron chi connectivity index (χ0n) is 17.8. The Morgan fingerprint density at radius 1 is 1.12 bits per heavy atom. The Balaban J connectivity index is 1.88. The number of furan rings is 1. The number of allylic oxidation sites excluding steroid dienone is 1. The molecular formula is C25H17N3O4S. The summed E-state index contributed by atoms with van der Waals surface area (Å²) < 4.78 is 10.7. The molecule has 7 nitrogen and oxygen atoms in total. The van der Waals surface area contributed by atoms with E-state index in [4.69, 9.17) is 9.15 Å². The third kappa shape index (κ3) is 4.91. The summed E-state index contributed by atoms with van der Waals surface area (Å²) in [5.74, 6) is -0.353. The molecule has 0 saturated heterocycles. The van der Waals surface area contributed by atoms with Crippen LogP contribution in [0.25, 0.3) is 17.4 Å². The fourth-order valence-electron chi connectivity index (χ4n) is 3.16. The van der Waals surface area contributed by atoms with Gasteiger partial charge < -0.3 is 9.15 Å². The molecule has 33 heavy (non-hydrogen) atoms. The van der Waals surface area contributed by atoms with E-state index in [1.165, 1.54) is 6.08 Å². The SMILES string of the molecule is CCOC(=O)c1sc(CC(=O)/C(C#N)=C/c2ccc(-c3ccccc3C#N)o2)c(C#N)c1C. The number of nitriles is 3. The Morgan fingerprint density at radius 2 is 1.88 bits per heavy atom. The molecule has 3 aromatic rings. The Bertz CT molecular complexity index is 1390. The van der Waals surface area contributed by atoms with E-state index in [1.807, 2.05) is 12.1 Å². The summed E-state index contributed by atoms with van der Waals surface area (Å²) in [7, 11) is 0. The monoisotopic (exact) mass is 455 g/mol. The molecule has 2 heterocycles. The van der Waals surface area contributed by atoms with Crippen LogP contribution in [-0.2, 0) is 16.0 Å². The van der Waals surface area contributed by atoms with E-state index in [0.29, 0.717) is 27.3 Å². The summed E-state index contributed by atoms with van der Waals surface area (Å²) in [6.07, 6.45) is 1.11. The molecule has 0 radical (unpaired) electrons. The fraction of sp³-hybridized carbons (Fsp3) is 0.160. The number of esters is 1. The third-order valence-corrected chi connectivity index (χ3v) is 6.03. The minimum absolute atomic E-state index is 0.155. The van der Waals surface area contributed by atoms with Gasteiger partial charge in [0.2, 0.25) is 0 Å². The van der Waals surface area contributed by atoms with E-state index >= 15 is 0 Å². The van der Waals surface area contributed by atoms with Gasteiger partial charge in [0.05, 0.1) is 29.4 Å². The van der Waals surface area contributed by atoms with Crippen molar-refractivity contribution in [2.45, 2.75) is 20.3 Å². The second-order valence-electron chi connectivity index (χ2n) is 6.82. The maximum Gasteiger partial charge on any atom is 0.348 e. The Labute approximate surface area is 194 Å². The minimum Gasteiger partial charge on any atom is -0.462 e. The molecular weight excluding hydrogens is 438 g/mol. The van der Waals surface area contributed by atoms with Gasteiger partial charge in [-0.25, -0.2) is 4.79 Å². The number of nitrogens with zero attached hydrogens (tertiary/aromatic N) is 3. The molecule has 3 rings (SSSR count). The van der Waals surface area contributed by atoms with E-state index in [-0.39, 0.29) is 34.8 Å². The van der Waals surface area contributed by atoms with E-state index in [1.54, 1.807) is 50.2 Å². The number of Topliss-reactive ketones (excluding diaryl/α,β-unsaturated/α-hetero) is 1. The lowest BCUT2D eigenvalue weighted by molar-refractivity contribution is -0.114. The highest BCUT2D eigenvalue weighted by Gasteiger charge is 2.23. The standard InChI is InChI=1S/C25H17N3O4S/c1-3-31-25(30)24-15(2)20(14-28)23(33-24)11-21(29)17(13-27)10-18-8-9-22(32-18)19-7-5-4-6-16(19)12-26/h4-10H,3,11H2,1-2H3/b17-10+. The molecule has 0 N–H and O–H groups in total. The van der Waals surface area contributed by atoms with E-state index in [9.17, 15) is 25.4 Å². The van der Waals surface area contributed by atoms with Crippen molar-refractivity contribution in [3.8, 4) is 29.5 Å². The zero-order chi connectivity index (χ0) is 24.0. The van der Waals surface area contributed by atoms with Gasteiger partial charge in [0, 0.05) is 22.9 Å². The molecule has 0 aliphatic heterocycles. The Hall–Kier alpha value is -4.45. The number of rotatable bonds is 7. The van der Waals surface area contributed by atoms with Crippen molar-refractivity contribution in [2.75, 3.05) is 6.61 Å². The van der Waals surface area contributed by atoms with Crippen LogP contribution in [0.5, 0.6) is 0 Å². The van der Waals surface area contributed by atoms with Crippen molar-refractivity contribution in [1.29, 1.82) is 15.8 Å². The smallest absolute Gasteiger partial charge is 0.348 e. The molecule has 0 bridgehead atoms. The summed E-state index contributed by atoms with van der Waals surface area (Å²) in [5.41, 5.74) is 1.58. The number of carbonyl (C=O) groups is 2. The quantitative estimate of drug-likeness (QED) is 0.280. The summed E-state index contributed by atoms with van der Waals surface area (Å²) in [6, 6.07) is 16.2. The van der Waals surface area contributed by atoms with Crippen molar-refractivity contribution in [3.05, 3.63) is 74.2 Å². The van der Waals surface area contributed by atoms with Crippen molar-refractivity contribution >= 4 is 29.2 Å². The highest BCUT2D eigenvalue weighted by Crippen LogP contribution is 2.30. The number of benzene rings is 1. The molecule has 0 aliphatic carbocycles. The third-order valence-electron chi connectivity index (χ3n) is 4.76. The summed E-state index contributed by atoms with van der Waals surface area (Å²) in [6.45, 7) is 3.50. The minimum atomic E-state index is -0.549. The first-order chi connectivity index (χ1) is 15.9. The molecule has 0 amide bonds. The Morgan fingerprint density at radius 3 is 2.55 bits per heavy atom. The van der Waals surface area contributed by atoms with Crippen LogP contribution in [0, 0.1) is 40.9 Å². The molecule has 0 fully saturated rings. The van der Waals surface area contributed by atoms with Gasteiger partial charge in [-0.2, -0.15) is 15.8 Å². The van der Waals surface area contributed by atoms with Gasteiger partial charge in [-0.05, 0) is 43.7 Å². The molecule has 0 atom stereocenters. The number of carbonyl (C=O) groups excluding carboxylic acids is 2. The molecule has 1 aromatic carbocycles. The molecule has 8 heteroatoms. The second-order valence-corrected chi connectivity index (χ2v) is 7.92. The van der Waals surface area contributed by atoms with Crippen LogP contribution in [0.1, 0.15) is 43.9 Å². The molecule has 2 aromatic heterocycles. The van der Waals surface area contributed by atoms with Crippen LogP contribution in [0.3, 0.4) is 0 Å². The molecule has 0 unspecified atom stereocenters. The average molecular weight is 455 g/mol. The van der Waals surface area contributed by atoms with Crippen molar-refractivity contribution in [1.82, 2.24) is 0 Å². The van der Waals surface area contributed by atoms with Gasteiger partial charge in [0.1, 0.15) is 28.5 Å². The van der Waals surface area contributed by atoms with E-state index in [2.05, 4.69) is 6.07 Å². The fourth-order valence-corrected chi connectivity index (χ4v) is 4.31. The highest BCUT2D eigenvalue weighted by atomic mass is 32.1. The predicted octanol–water partition coefficient (Wildman–Crippen LogP) is 4.96. The van der Waals surface area contributed by atoms with Gasteiger partial charge in [0.15, 0.2) is 5.78 Å². The van der Waals surface area contributed by atoms with Gasteiger partial charge in [-0.15, -0.1) is 11.3 Å². The molecule has 0 saturated carbocycles. The van der Waals surface area contributed by atoms with Crippen molar-refractivity contribution < 1.29 is 18.7 Å². The van der Waals surface area contributed by atoms with Crippen LogP contribution in [-0.4, -0.2) is 18.4 Å². The van der Waals surface area contributed by atoms with Crippen LogP contribution in [0.15, 0.2) is 46.4 Å². The number of ketones is 1. The normalized spacial score (nSPS) is 10.7. The van der Waals surface area contributed by atoms with Crippen LogP contribution in [0.4, 0.5) is 0 Å². The lowest BCUT2D eigenvalue weighted by atomic mass is 10.0. The van der Waals surface area contributed by atoms with Crippen molar-refractivity contribution in [3.63, 3.8) is 0 Å². The first-order valence-electron chi connectivity index (χ1n) is 9.87. The lowest BCUT2D eigenvalue weighted by Crippen LogP contribution is -2.05.